The first-order chi connectivity index (χ1) is 9.15. The van der Waals surface area contributed by atoms with E-state index in [2.05, 4.69) is 36.5 Å². The molecule has 104 valence electrons. The first-order valence-corrected chi connectivity index (χ1v) is 7.66. The van der Waals surface area contributed by atoms with E-state index in [4.69, 9.17) is 4.74 Å². The topological polar surface area (TPSA) is 38.3 Å². The zero-order chi connectivity index (χ0) is 13.7. The van der Waals surface area contributed by atoms with Crippen LogP contribution in [0.1, 0.15) is 25.3 Å². The van der Waals surface area contributed by atoms with E-state index in [0.29, 0.717) is 6.54 Å². The molecular formula is C15H21NO2S. The number of rotatable bonds is 5. The molecule has 2 rings (SSSR count). The summed E-state index contributed by atoms with van der Waals surface area (Å²) in [5.41, 5.74) is 1.24. The Morgan fingerprint density at radius 2 is 2.21 bits per heavy atom. The van der Waals surface area contributed by atoms with Gasteiger partial charge in [-0.05, 0) is 38.8 Å². The Labute approximate surface area is 119 Å². The number of hydrogen-bond acceptors (Lipinski definition) is 3. The van der Waals surface area contributed by atoms with Crippen LogP contribution in [0.3, 0.4) is 0 Å². The Morgan fingerprint density at radius 3 is 2.84 bits per heavy atom. The van der Waals surface area contributed by atoms with E-state index in [-0.39, 0.29) is 17.3 Å². The maximum absolute atomic E-state index is 12.0. The molecule has 2 atom stereocenters. The normalized spacial score (nSPS) is 20.2. The summed E-state index contributed by atoms with van der Waals surface area (Å²) in [4.78, 5) is 13.1. The SMILES string of the molecule is Cc1ccc(SC(C)C(=O)NCC2CCCO2)cc1. The fourth-order valence-corrected chi connectivity index (χ4v) is 2.93. The second-order valence-corrected chi connectivity index (χ2v) is 6.37. The molecule has 2 unspecified atom stereocenters. The van der Waals surface area contributed by atoms with Gasteiger partial charge in [0.1, 0.15) is 0 Å². The number of nitrogens with one attached hydrogen (secondary N) is 1. The van der Waals surface area contributed by atoms with Crippen molar-refractivity contribution in [2.24, 2.45) is 0 Å². The van der Waals surface area contributed by atoms with Gasteiger partial charge in [-0.2, -0.15) is 0 Å². The Hall–Kier alpha value is -1.00. The van der Waals surface area contributed by atoms with Crippen LogP contribution in [0.25, 0.3) is 0 Å². The van der Waals surface area contributed by atoms with E-state index >= 15 is 0 Å². The molecule has 1 aliphatic heterocycles. The average Bonchev–Trinajstić information content (AvgIpc) is 2.91. The molecule has 1 aliphatic rings. The van der Waals surface area contributed by atoms with E-state index in [1.807, 2.05) is 6.92 Å². The summed E-state index contributed by atoms with van der Waals surface area (Å²) in [6.07, 6.45) is 2.37. The molecule has 0 aromatic heterocycles. The number of ether oxygens (including phenoxy) is 1. The van der Waals surface area contributed by atoms with Gasteiger partial charge in [-0.1, -0.05) is 17.7 Å². The van der Waals surface area contributed by atoms with Crippen LogP contribution >= 0.6 is 11.8 Å². The molecule has 1 saturated heterocycles. The van der Waals surface area contributed by atoms with E-state index in [1.54, 1.807) is 11.8 Å². The van der Waals surface area contributed by atoms with Crippen LogP contribution in [0.15, 0.2) is 29.2 Å². The predicted molar refractivity (Wildman–Crippen MR) is 78.5 cm³/mol. The molecule has 3 nitrogen and oxygen atoms in total. The highest BCUT2D eigenvalue weighted by molar-refractivity contribution is 8.00. The highest BCUT2D eigenvalue weighted by atomic mass is 32.2. The molecule has 19 heavy (non-hydrogen) atoms. The Morgan fingerprint density at radius 1 is 1.47 bits per heavy atom. The molecule has 1 aromatic carbocycles. The first-order valence-electron chi connectivity index (χ1n) is 6.78. The van der Waals surface area contributed by atoms with Crippen molar-refractivity contribution in [2.45, 2.75) is 42.9 Å². The fraction of sp³-hybridized carbons (Fsp3) is 0.533. The van der Waals surface area contributed by atoms with Gasteiger partial charge in [-0.25, -0.2) is 0 Å². The molecule has 1 heterocycles. The number of carbonyl (C=O) groups excluding carboxylic acids is 1. The quantitative estimate of drug-likeness (QED) is 0.842. The van der Waals surface area contributed by atoms with Gasteiger partial charge >= 0.3 is 0 Å². The maximum atomic E-state index is 12.0. The van der Waals surface area contributed by atoms with E-state index in [9.17, 15) is 4.79 Å². The largest absolute Gasteiger partial charge is 0.376 e. The van der Waals surface area contributed by atoms with Gasteiger partial charge in [0.2, 0.25) is 5.91 Å². The van der Waals surface area contributed by atoms with Gasteiger partial charge in [-0.15, -0.1) is 11.8 Å². The van der Waals surface area contributed by atoms with Crippen molar-refractivity contribution in [3.63, 3.8) is 0 Å². The minimum Gasteiger partial charge on any atom is -0.376 e. The molecule has 0 aliphatic carbocycles. The van der Waals surface area contributed by atoms with Crippen LogP contribution in [0.2, 0.25) is 0 Å². The van der Waals surface area contributed by atoms with Crippen molar-refractivity contribution in [1.29, 1.82) is 0 Å². The van der Waals surface area contributed by atoms with Crippen molar-refractivity contribution >= 4 is 17.7 Å². The van der Waals surface area contributed by atoms with Crippen LogP contribution < -0.4 is 5.32 Å². The van der Waals surface area contributed by atoms with Gasteiger partial charge in [0.15, 0.2) is 0 Å². The summed E-state index contributed by atoms with van der Waals surface area (Å²) in [6.45, 7) is 5.47. The van der Waals surface area contributed by atoms with Gasteiger partial charge in [-0.3, -0.25) is 4.79 Å². The molecule has 0 spiro atoms. The van der Waals surface area contributed by atoms with Crippen LogP contribution in [-0.2, 0) is 9.53 Å². The van der Waals surface area contributed by atoms with Gasteiger partial charge < -0.3 is 10.1 Å². The zero-order valence-electron chi connectivity index (χ0n) is 11.5. The number of benzene rings is 1. The minimum absolute atomic E-state index is 0.0795. The van der Waals surface area contributed by atoms with Crippen LogP contribution in [0, 0.1) is 6.92 Å². The highest BCUT2D eigenvalue weighted by Crippen LogP contribution is 2.23. The van der Waals surface area contributed by atoms with Gasteiger partial charge in [0.05, 0.1) is 11.4 Å². The summed E-state index contributed by atoms with van der Waals surface area (Å²) in [7, 11) is 0. The van der Waals surface area contributed by atoms with Crippen molar-refractivity contribution < 1.29 is 9.53 Å². The summed E-state index contributed by atoms with van der Waals surface area (Å²) in [5, 5.41) is 2.89. The third kappa shape index (κ3) is 4.55. The third-order valence-electron chi connectivity index (χ3n) is 3.23. The van der Waals surface area contributed by atoms with Crippen LogP contribution in [0.4, 0.5) is 0 Å². The summed E-state index contributed by atoms with van der Waals surface area (Å²) < 4.78 is 5.49. The highest BCUT2D eigenvalue weighted by Gasteiger charge is 2.19. The summed E-state index contributed by atoms with van der Waals surface area (Å²) in [5.74, 6) is 0.0843. The van der Waals surface area contributed by atoms with Crippen molar-refractivity contribution in [3.05, 3.63) is 29.8 Å². The van der Waals surface area contributed by atoms with E-state index in [1.165, 1.54) is 5.56 Å². The Balaban J connectivity index is 1.76. The molecule has 1 fully saturated rings. The molecule has 1 amide bonds. The van der Waals surface area contributed by atoms with Crippen LogP contribution in [-0.4, -0.2) is 30.4 Å². The van der Waals surface area contributed by atoms with Crippen molar-refractivity contribution in [1.82, 2.24) is 5.32 Å². The average molecular weight is 279 g/mol. The lowest BCUT2D eigenvalue weighted by Crippen LogP contribution is -2.36. The molecule has 0 radical (unpaired) electrons. The van der Waals surface area contributed by atoms with E-state index in [0.717, 1.165) is 24.3 Å². The monoisotopic (exact) mass is 279 g/mol. The Kier molecular flexibility index (Phi) is 5.28. The molecule has 1 aromatic rings. The fourth-order valence-electron chi connectivity index (χ4n) is 2.04. The van der Waals surface area contributed by atoms with Crippen molar-refractivity contribution in [3.8, 4) is 0 Å². The predicted octanol–water partition coefficient (Wildman–Crippen LogP) is 2.77. The second kappa shape index (κ2) is 6.96. The number of carbonyl (C=O) groups is 1. The molecular weight excluding hydrogens is 258 g/mol. The number of aryl methyl sites for hydroxylation is 1. The third-order valence-corrected chi connectivity index (χ3v) is 4.34. The number of hydrogen-bond donors (Lipinski definition) is 1. The minimum atomic E-state index is -0.0795. The maximum Gasteiger partial charge on any atom is 0.233 e. The lowest BCUT2D eigenvalue weighted by Gasteiger charge is -2.14. The lowest BCUT2D eigenvalue weighted by molar-refractivity contribution is -0.120. The lowest BCUT2D eigenvalue weighted by atomic mass is 10.2. The first kappa shape index (κ1) is 14.4. The van der Waals surface area contributed by atoms with Gasteiger partial charge in [0.25, 0.3) is 0 Å². The molecule has 0 bridgehead atoms. The summed E-state index contributed by atoms with van der Waals surface area (Å²) >= 11 is 1.59. The molecule has 4 heteroatoms. The zero-order valence-corrected chi connectivity index (χ0v) is 12.3. The summed E-state index contributed by atoms with van der Waals surface area (Å²) in [6, 6.07) is 8.26. The Bertz CT molecular complexity index is 413. The molecule has 1 N–H and O–H groups in total. The second-order valence-electron chi connectivity index (χ2n) is 4.95. The smallest absolute Gasteiger partial charge is 0.233 e. The number of amides is 1. The molecule has 0 saturated carbocycles. The standard InChI is InChI=1S/C15H21NO2S/c1-11-5-7-14(8-6-11)19-12(2)15(17)16-10-13-4-3-9-18-13/h5-8,12-13H,3-4,9-10H2,1-2H3,(H,16,17). The van der Waals surface area contributed by atoms with Crippen LogP contribution in [0.5, 0.6) is 0 Å². The van der Waals surface area contributed by atoms with Gasteiger partial charge in [0, 0.05) is 18.0 Å². The van der Waals surface area contributed by atoms with E-state index < -0.39 is 0 Å². The van der Waals surface area contributed by atoms with Crippen molar-refractivity contribution in [2.75, 3.05) is 13.2 Å². The number of thioether (sulfide) groups is 1.